The Kier molecular flexibility index (Phi) is 2.81. The van der Waals surface area contributed by atoms with E-state index in [-0.39, 0.29) is 0 Å². The number of nitrogens with one attached hydrogen (secondary N) is 1. The second-order valence-electron chi connectivity index (χ2n) is 4.57. The van der Waals surface area contributed by atoms with Crippen LogP contribution in [-0.4, -0.2) is 14.5 Å². The molecule has 4 nitrogen and oxygen atoms in total. The lowest BCUT2D eigenvalue weighted by molar-refractivity contribution is 0.918. The van der Waals surface area contributed by atoms with Gasteiger partial charge in [-0.25, -0.2) is 4.98 Å². The largest absolute Gasteiger partial charge is 0.350 e. The van der Waals surface area contributed by atoms with Gasteiger partial charge in [0.25, 0.3) is 0 Å². The Morgan fingerprint density at radius 3 is 3.05 bits per heavy atom. The molecule has 0 bridgehead atoms. The van der Waals surface area contributed by atoms with Crippen LogP contribution in [0.4, 0.5) is 0 Å². The van der Waals surface area contributed by atoms with Crippen molar-refractivity contribution < 1.29 is 0 Å². The van der Waals surface area contributed by atoms with Crippen molar-refractivity contribution in [3.63, 3.8) is 0 Å². The monoisotopic (exact) mass is 250 g/mol. The van der Waals surface area contributed by atoms with Gasteiger partial charge in [0.15, 0.2) is 0 Å². The molecule has 2 heterocycles. The first-order chi connectivity index (χ1) is 9.29. The number of para-hydroxylation sites is 1. The van der Waals surface area contributed by atoms with Crippen molar-refractivity contribution in [2.75, 3.05) is 0 Å². The number of imidazole rings is 1. The van der Waals surface area contributed by atoms with Crippen molar-refractivity contribution in [1.82, 2.24) is 14.5 Å². The number of hydrogen-bond acceptors (Lipinski definition) is 2. The molecule has 0 radical (unpaired) electrons. The Balaban J connectivity index is 2.05. The summed E-state index contributed by atoms with van der Waals surface area (Å²) in [7, 11) is 2.04. The fraction of sp³-hybridized carbons (Fsp3) is 0.200. The van der Waals surface area contributed by atoms with Gasteiger partial charge in [0.1, 0.15) is 5.82 Å². The predicted octanol–water partition coefficient (Wildman–Crippen LogP) is 3.02. The van der Waals surface area contributed by atoms with Crippen LogP contribution in [0.2, 0.25) is 0 Å². The Bertz CT molecular complexity index is 758. The topological polar surface area (TPSA) is 57.4 Å². The molecule has 0 aliphatic rings. The number of aromatic nitrogens is 3. The van der Waals surface area contributed by atoms with Crippen molar-refractivity contribution in [1.29, 1.82) is 5.26 Å². The van der Waals surface area contributed by atoms with Crippen molar-refractivity contribution in [2.24, 2.45) is 7.05 Å². The van der Waals surface area contributed by atoms with Gasteiger partial charge in [0.2, 0.25) is 0 Å². The fourth-order valence-electron chi connectivity index (χ4n) is 2.36. The van der Waals surface area contributed by atoms with Gasteiger partial charge >= 0.3 is 0 Å². The molecule has 0 saturated heterocycles. The van der Waals surface area contributed by atoms with Gasteiger partial charge in [-0.1, -0.05) is 18.2 Å². The number of benzene rings is 1. The van der Waals surface area contributed by atoms with Gasteiger partial charge in [0, 0.05) is 42.6 Å². The second-order valence-corrected chi connectivity index (χ2v) is 4.57. The van der Waals surface area contributed by atoms with Crippen molar-refractivity contribution >= 4 is 10.9 Å². The first-order valence-electron chi connectivity index (χ1n) is 6.25. The summed E-state index contributed by atoms with van der Waals surface area (Å²) in [5, 5.41) is 9.81. The van der Waals surface area contributed by atoms with Crippen LogP contribution in [0.5, 0.6) is 0 Å². The van der Waals surface area contributed by atoms with Crippen molar-refractivity contribution in [2.45, 2.75) is 12.8 Å². The van der Waals surface area contributed by atoms with E-state index in [1.165, 1.54) is 10.9 Å². The molecule has 3 aromatic rings. The highest BCUT2D eigenvalue weighted by Gasteiger charge is 2.10. The maximum absolute atomic E-state index is 8.60. The van der Waals surface area contributed by atoms with Gasteiger partial charge in [-0.05, 0) is 6.07 Å². The molecule has 3 rings (SSSR count). The zero-order valence-corrected chi connectivity index (χ0v) is 10.7. The van der Waals surface area contributed by atoms with E-state index in [0.717, 1.165) is 17.1 Å². The molecule has 0 aliphatic carbocycles. The number of H-pyrrole nitrogens is 1. The van der Waals surface area contributed by atoms with Gasteiger partial charge < -0.3 is 9.55 Å². The Morgan fingerprint density at radius 1 is 1.37 bits per heavy atom. The number of nitriles is 1. The van der Waals surface area contributed by atoms with E-state index in [1.54, 1.807) is 0 Å². The molecular weight excluding hydrogens is 236 g/mol. The highest BCUT2D eigenvalue weighted by molar-refractivity contribution is 5.95. The average molecular weight is 250 g/mol. The fourth-order valence-corrected chi connectivity index (χ4v) is 2.36. The number of aryl methyl sites for hydroxylation is 2. The van der Waals surface area contributed by atoms with E-state index in [1.807, 2.05) is 25.4 Å². The molecule has 2 aromatic heterocycles. The summed E-state index contributed by atoms with van der Waals surface area (Å²) < 4.78 is 2.11. The molecule has 0 fully saturated rings. The number of rotatable bonds is 3. The van der Waals surface area contributed by atoms with E-state index >= 15 is 0 Å². The summed E-state index contributed by atoms with van der Waals surface area (Å²) >= 11 is 0. The summed E-state index contributed by atoms with van der Waals surface area (Å²) in [5.41, 5.74) is 3.35. The highest BCUT2D eigenvalue weighted by atomic mass is 14.9. The molecule has 0 saturated carbocycles. The maximum atomic E-state index is 8.60. The molecule has 0 aliphatic heterocycles. The standard InChI is InChI=1S/C15H14N4/c1-19-10-12(11-5-2-3-6-14(11)19)13-9-17-15(18-13)7-4-8-16/h2-3,5-6,9-10H,4,7H2,1H3,(H,17,18). The van der Waals surface area contributed by atoms with Crippen molar-refractivity contribution in [3.8, 4) is 17.3 Å². The first kappa shape index (κ1) is 11.5. The number of hydrogen-bond donors (Lipinski definition) is 1. The molecule has 0 spiro atoms. The van der Waals surface area contributed by atoms with E-state index < -0.39 is 0 Å². The molecule has 4 heteroatoms. The predicted molar refractivity (Wildman–Crippen MR) is 74.4 cm³/mol. The van der Waals surface area contributed by atoms with Crippen LogP contribution in [0, 0.1) is 11.3 Å². The van der Waals surface area contributed by atoms with E-state index in [2.05, 4.69) is 38.9 Å². The van der Waals surface area contributed by atoms with Crippen LogP contribution in [-0.2, 0) is 13.5 Å². The quantitative estimate of drug-likeness (QED) is 0.776. The Labute approximate surface area is 111 Å². The van der Waals surface area contributed by atoms with E-state index in [0.29, 0.717) is 12.8 Å². The molecular formula is C15H14N4. The van der Waals surface area contributed by atoms with Crippen LogP contribution in [0.3, 0.4) is 0 Å². The second kappa shape index (κ2) is 4.62. The summed E-state index contributed by atoms with van der Waals surface area (Å²) in [6.45, 7) is 0. The maximum Gasteiger partial charge on any atom is 0.107 e. The van der Waals surface area contributed by atoms with Gasteiger partial charge in [-0.3, -0.25) is 0 Å². The van der Waals surface area contributed by atoms with Crippen LogP contribution < -0.4 is 0 Å². The summed E-state index contributed by atoms with van der Waals surface area (Å²) in [6, 6.07) is 10.4. The van der Waals surface area contributed by atoms with Crippen LogP contribution in [0.1, 0.15) is 12.2 Å². The lowest BCUT2D eigenvalue weighted by atomic mass is 10.1. The summed E-state index contributed by atoms with van der Waals surface area (Å²) in [6.07, 6.45) is 5.10. The van der Waals surface area contributed by atoms with Crippen LogP contribution in [0.15, 0.2) is 36.7 Å². The molecule has 19 heavy (non-hydrogen) atoms. The SMILES string of the molecule is Cn1cc(-c2cnc(CCC#N)[nH]2)c2ccccc21. The molecule has 94 valence electrons. The lowest BCUT2D eigenvalue weighted by Gasteiger charge is -1.95. The zero-order chi connectivity index (χ0) is 13.2. The third-order valence-corrected chi connectivity index (χ3v) is 3.29. The highest BCUT2D eigenvalue weighted by Crippen LogP contribution is 2.28. The van der Waals surface area contributed by atoms with Crippen molar-refractivity contribution in [3.05, 3.63) is 42.5 Å². The molecule has 1 N–H and O–H groups in total. The summed E-state index contributed by atoms with van der Waals surface area (Å²) in [5.74, 6) is 0.865. The van der Waals surface area contributed by atoms with Gasteiger partial charge in [-0.2, -0.15) is 5.26 Å². The van der Waals surface area contributed by atoms with Gasteiger partial charge in [0.05, 0.1) is 18.0 Å². The third kappa shape index (κ3) is 2.00. The molecule has 0 atom stereocenters. The normalized spacial score (nSPS) is 10.7. The Hall–Kier alpha value is -2.54. The lowest BCUT2D eigenvalue weighted by Crippen LogP contribution is -1.86. The number of aromatic amines is 1. The zero-order valence-electron chi connectivity index (χ0n) is 10.7. The van der Waals surface area contributed by atoms with Gasteiger partial charge in [-0.15, -0.1) is 0 Å². The van der Waals surface area contributed by atoms with E-state index in [9.17, 15) is 0 Å². The third-order valence-electron chi connectivity index (χ3n) is 3.29. The molecule has 1 aromatic carbocycles. The minimum Gasteiger partial charge on any atom is -0.350 e. The Morgan fingerprint density at radius 2 is 2.21 bits per heavy atom. The number of fused-ring (bicyclic) bond motifs is 1. The number of nitrogens with zero attached hydrogens (tertiary/aromatic N) is 3. The molecule has 0 unspecified atom stereocenters. The minimum absolute atomic E-state index is 0.489. The average Bonchev–Trinajstić information content (AvgIpc) is 3.02. The van der Waals surface area contributed by atoms with Crippen LogP contribution in [0.25, 0.3) is 22.2 Å². The van der Waals surface area contributed by atoms with Crippen LogP contribution >= 0.6 is 0 Å². The minimum atomic E-state index is 0.489. The summed E-state index contributed by atoms with van der Waals surface area (Å²) in [4.78, 5) is 7.62. The first-order valence-corrected chi connectivity index (χ1v) is 6.25. The molecule has 0 amide bonds. The van der Waals surface area contributed by atoms with E-state index in [4.69, 9.17) is 5.26 Å². The smallest absolute Gasteiger partial charge is 0.107 e.